The SMILES string of the molecule is Nc1cccc(Nc2cc(Cl)nc3ccnn23)c1. The normalized spacial score (nSPS) is 10.7. The zero-order valence-electron chi connectivity index (χ0n) is 9.34. The first kappa shape index (κ1) is 10.9. The molecule has 0 spiro atoms. The van der Waals surface area contributed by atoms with E-state index in [0.29, 0.717) is 16.5 Å². The van der Waals surface area contributed by atoms with E-state index >= 15 is 0 Å². The summed E-state index contributed by atoms with van der Waals surface area (Å²) >= 11 is 5.96. The second-order valence-electron chi connectivity index (χ2n) is 3.82. The lowest BCUT2D eigenvalue weighted by molar-refractivity contribution is 0.947. The molecule has 0 unspecified atom stereocenters. The number of fused-ring (bicyclic) bond motifs is 1. The zero-order chi connectivity index (χ0) is 12.5. The van der Waals surface area contributed by atoms with Crippen molar-refractivity contribution in [3.8, 4) is 0 Å². The average molecular weight is 260 g/mol. The van der Waals surface area contributed by atoms with Crippen LogP contribution in [0.3, 0.4) is 0 Å². The maximum Gasteiger partial charge on any atom is 0.159 e. The highest BCUT2D eigenvalue weighted by Gasteiger charge is 2.05. The Hall–Kier alpha value is -2.27. The molecule has 2 aromatic heterocycles. The monoisotopic (exact) mass is 259 g/mol. The minimum Gasteiger partial charge on any atom is -0.399 e. The first-order valence-corrected chi connectivity index (χ1v) is 5.73. The van der Waals surface area contributed by atoms with Crippen LogP contribution >= 0.6 is 11.6 Å². The van der Waals surface area contributed by atoms with Gasteiger partial charge in [-0.25, -0.2) is 4.98 Å². The molecule has 0 aliphatic carbocycles. The molecule has 2 heterocycles. The molecule has 0 aliphatic rings. The Bertz CT molecular complexity index is 707. The fourth-order valence-corrected chi connectivity index (χ4v) is 1.93. The third-order valence-electron chi connectivity index (χ3n) is 2.49. The number of benzene rings is 1. The van der Waals surface area contributed by atoms with Crippen molar-refractivity contribution in [3.05, 3.63) is 47.7 Å². The van der Waals surface area contributed by atoms with Gasteiger partial charge in [-0.05, 0) is 18.2 Å². The Morgan fingerprint density at radius 3 is 2.94 bits per heavy atom. The van der Waals surface area contributed by atoms with Gasteiger partial charge in [0.2, 0.25) is 0 Å². The van der Waals surface area contributed by atoms with Gasteiger partial charge in [0, 0.05) is 23.5 Å². The van der Waals surface area contributed by atoms with Crippen LogP contribution in [0.4, 0.5) is 17.2 Å². The largest absolute Gasteiger partial charge is 0.399 e. The van der Waals surface area contributed by atoms with Gasteiger partial charge in [0.15, 0.2) is 5.65 Å². The number of nitrogens with one attached hydrogen (secondary N) is 1. The molecule has 3 N–H and O–H groups in total. The van der Waals surface area contributed by atoms with Gasteiger partial charge in [-0.1, -0.05) is 17.7 Å². The topological polar surface area (TPSA) is 68.2 Å². The van der Waals surface area contributed by atoms with Gasteiger partial charge >= 0.3 is 0 Å². The van der Waals surface area contributed by atoms with Crippen LogP contribution in [-0.2, 0) is 0 Å². The lowest BCUT2D eigenvalue weighted by atomic mass is 10.3. The molecule has 5 nitrogen and oxygen atoms in total. The molecule has 6 heteroatoms. The highest BCUT2D eigenvalue weighted by molar-refractivity contribution is 6.29. The fourth-order valence-electron chi connectivity index (χ4n) is 1.74. The summed E-state index contributed by atoms with van der Waals surface area (Å²) < 4.78 is 1.68. The summed E-state index contributed by atoms with van der Waals surface area (Å²) in [5.41, 5.74) is 7.98. The second-order valence-corrected chi connectivity index (χ2v) is 4.20. The molecule has 0 bridgehead atoms. The summed E-state index contributed by atoms with van der Waals surface area (Å²) in [6.45, 7) is 0. The van der Waals surface area contributed by atoms with Gasteiger partial charge in [-0.3, -0.25) is 0 Å². The molecule has 1 aromatic carbocycles. The van der Waals surface area contributed by atoms with Crippen molar-refractivity contribution in [2.45, 2.75) is 0 Å². The number of nitrogens with zero attached hydrogens (tertiary/aromatic N) is 3. The van der Waals surface area contributed by atoms with Crippen LogP contribution in [-0.4, -0.2) is 14.6 Å². The Kier molecular flexibility index (Phi) is 2.53. The molecule has 0 aliphatic heterocycles. The molecule has 0 amide bonds. The van der Waals surface area contributed by atoms with Crippen molar-refractivity contribution >= 4 is 34.4 Å². The minimum absolute atomic E-state index is 0.411. The summed E-state index contributed by atoms with van der Waals surface area (Å²) in [4.78, 5) is 4.16. The summed E-state index contributed by atoms with van der Waals surface area (Å²) in [6, 6.07) is 11.0. The summed E-state index contributed by atoms with van der Waals surface area (Å²) in [5, 5.41) is 7.80. The quantitative estimate of drug-likeness (QED) is 0.548. The van der Waals surface area contributed by atoms with Crippen LogP contribution in [0, 0.1) is 0 Å². The highest BCUT2D eigenvalue weighted by Crippen LogP contribution is 2.21. The van der Waals surface area contributed by atoms with Crippen LogP contribution in [0.15, 0.2) is 42.6 Å². The third kappa shape index (κ3) is 1.96. The number of hydrogen-bond donors (Lipinski definition) is 2. The number of nitrogens with two attached hydrogens (primary N) is 1. The molecule has 18 heavy (non-hydrogen) atoms. The van der Waals surface area contributed by atoms with Crippen molar-refractivity contribution in [2.24, 2.45) is 0 Å². The summed E-state index contributed by atoms with van der Waals surface area (Å²) in [7, 11) is 0. The van der Waals surface area contributed by atoms with Crippen LogP contribution in [0.5, 0.6) is 0 Å². The molecule has 0 atom stereocenters. The molecule has 0 saturated carbocycles. The van der Waals surface area contributed by atoms with Crippen molar-refractivity contribution < 1.29 is 0 Å². The van der Waals surface area contributed by atoms with E-state index in [9.17, 15) is 0 Å². The van der Waals surface area contributed by atoms with Crippen LogP contribution in [0.25, 0.3) is 5.65 Å². The first-order chi connectivity index (χ1) is 8.72. The van der Waals surface area contributed by atoms with Crippen LogP contribution in [0.1, 0.15) is 0 Å². The van der Waals surface area contributed by atoms with E-state index in [1.54, 1.807) is 22.8 Å². The maximum absolute atomic E-state index is 5.96. The van der Waals surface area contributed by atoms with Crippen molar-refractivity contribution in [1.82, 2.24) is 14.6 Å². The molecule has 0 saturated heterocycles. The van der Waals surface area contributed by atoms with E-state index in [-0.39, 0.29) is 0 Å². The maximum atomic E-state index is 5.96. The molecule has 0 radical (unpaired) electrons. The van der Waals surface area contributed by atoms with Crippen molar-refractivity contribution in [1.29, 1.82) is 0 Å². The first-order valence-electron chi connectivity index (χ1n) is 5.35. The van der Waals surface area contributed by atoms with Gasteiger partial charge in [0.1, 0.15) is 11.0 Å². The molecule has 90 valence electrons. The lowest BCUT2D eigenvalue weighted by Crippen LogP contribution is -2.01. The lowest BCUT2D eigenvalue weighted by Gasteiger charge is -2.09. The Morgan fingerprint density at radius 1 is 1.22 bits per heavy atom. The Labute approximate surface area is 108 Å². The van der Waals surface area contributed by atoms with Gasteiger partial charge in [-0.15, -0.1) is 0 Å². The van der Waals surface area contributed by atoms with E-state index < -0.39 is 0 Å². The van der Waals surface area contributed by atoms with Crippen molar-refractivity contribution in [3.63, 3.8) is 0 Å². The van der Waals surface area contributed by atoms with Gasteiger partial charge in [0.25, 0.3) is 0 Å². The smallest absolute Gasteiger partial charge is 0.159 e. The van der Waals surface area contributed by atoms with Crippen molar-refractivity contribution in [2.75, 3.05) is 11.1 Å². The number of anilines is 3. The van der Waals surface area contributed by atoms with E-state index in [2.05, 4.69) is 15.4 Å². The highest BCUT2D eigenvalue weighted by atomic mass is 35.5. The summed E-state index contributed by atoms with van der Waals surface area (Å²) in [5.74, 6) is 0.737. The number of rotatable bonds is 2. The predicted molar refractivity (Wildman–Crippen MR) is 72.1 cm³/mol. The standard InChI is InChI=1S/C12H10ClN5/c13-10-7-12(18-11(17-10)4-5-15-18)16-9-3-1-2-8(14)6-9/h1-7,16H,14H2. The fraction of sp³-hybridized carbons (Fsp3) is 0. The van der Waals surface area contributed by atoms with Gasteiger partial charge < -0.3 is 11.1 Å². The zero-order valence-corrected chi connectivity index (χ0v) is 10.1. The Balaban J connectivity index is 2.06. The number of halogens is 1. The van der Waals surface area contributed by atoms with Gasteiger partial charge in [-0.2, -0.15) is 9.61 Å². The van der Waals surface area contributed by atoms with E-state index in [1.165, 1.54) is 0 Å². The van der Waals surface area contributed by atoms with Gasteiger partial charge in [0.05, 0.1) is 6.20 Å². The van der Waals surface area contributed by atoms with E-state index in [1.807, 2.05) is 24.3 Å². The Morgan fingerprint density at radius 2 is 2.11 bits per heavy atom. The molecular weight excluding hydrogens is 250 g/mol. The second kappa shape index (κ2) is 4.19. The molecule has 3 rings (SSSR count). The van der Waals surface area contributed by atoms with Crippen LogP contribution in [0.2, 0.25) is 5.15 Å². The average Bonchev–Trinajstić information content (AvgIpc) is 2.77. The number of aromatic nitrogens is 3. The molecule has 3 aromatic rings. The number of nitrogen functional groups attached to an aromatic ring is 1. The predicted octanol–water partition coefficient (Wildman–Crippen LogP) is 2.71. The number of hydrogen-bond acceptors (Lipinski definition) is 4. The van der Waals surface area contributed by atoms with E-state index in [0.717, 1.165) is 11.5 Å². The molecule has 0 fully saturated rings. The third-order valence-corrected chi connectivity index (χ3v) is 2.68. The van der Waals surface area contributed by atoms with Crippen LogP contribution < -0.4 is 11.1 Å². The summed E-state index contributed by atoms with van der Waals surface area (Å²) in [6.07, 6.45) is 1.67. The van der Waals surface area contributed by atoms with E-state index in [4.69, 9.17) is 17.3 Å². The molecular formula is C12H10ClN5. The minimum atomic E-state index is 0.411.